The van der Waals surface area contributed by atoms with E-state index in [0.717, 1.165) is 42.0 Å². The highest BCUT2D eigenvalue weighted by molar-refractivity contribution is 6.08. The second kappa shape index (κ2) is 7.61. The highest BCUT2D eigenvalue weighted by Gasteiger charge is 2.22. The molecule has 0 fully saturated rings. The predicted octanol–water partition coefficient (Wildman–Crippen LogP) is 3.25. The molecule has 0 saturated heterocycles. The first-order chi connectivity index (χ1) is 14.7. The third kappa shape index (κ3) is 3.29. The Bertz CT molecular complexity index is 1230. The lowest BCUT2D eigenvalue weighted by Gasteiger charge is -2.20. The monoisotopic (exact) mass is 399 g/mol. The number of amides is 1. The van der Waals surface area contributed by atoms with Crippen LogP contribution in [0.25, 0.3) is 22.4 Å². The fraction of sp³-hybridized carbons (Fsp3) is 0.174. The smallest absolute Gasteiger partial charge is 0.249 e. The van der Waals surface area contributed by atoms with Crippen LogP contribution in [0.3, 0.4) is 0 Å². The summed E-state index contributed by atoms with van der Waals surface area (Å²) in [6.45, 7) is 2.25. The van der Waals surface area contributed by atoms with E-state index in [1.165, 1.54) is 5.56 Å². The summed E-state index contributed by atoms with van der Waals surface area (Å²) in [4.78, 5) is 21.3. The van der Waals surface area contributed by atoms with Gasteiger partial charge in [-0.2, -0.15) is 0 Å². The van der Waals surface area contributed by atoms with Crippen molar-refractivity contribution in [3.8, 4) is 11.6 Å². The topological polar surface area (TPSA) is 106 Å². The molecule has 7 heteroatoms. The molecule has 4 N–H and O–H groups in total. The number of aromatic nitrogens is 2. The number of carbonyl (C=O) groups excluding carboxylic acids is 1. The van der Waals surface area contributed by atoms with E-state index >= 15 is 0 Å². The first-order valence-electron chi connectivity index (χ1n) is 9.89. The fourth-order valence-corrected chi connectivity index (χ4v) is 3.83. The van der Waals surface area contributed by atoms with Gasteiger partial charge in [0.1, 0.15) is 12.1 Å². The Kier molecular flexibility index (Phi) is 4.65. The summed E-state index contributed by atoms with van der Waals surface area (Å²) in [7, 11) is 0. The SMILES string of the molecule is NC(=O)c1cccc2c(-c3nc4c(c(NCc5ccccc5)n3)CNCC4)occ12. The van der Waals surface area contributed by atoms with E-state index in [9.17, 15) is 4.79 Å². The van der Waals surface area contributed by atoms with E-state index < -0.39 is 5.91 Å². The molecule has 0 atom stereocenters. The van der Waals surface area contributed by atoms with Crippen LogP contribution in [0.1, 0.15) is 27.2 Å². The van der Waals surface area contributed by atoms with Gasteiger partial charge in [-0.05, 0) is 11.6 Å². The first kappa shape index (κ1) is 18.3. The van der Waals surface area contributed by atoms with Crippen LogP contribution in [-0.2, 0) is 19.5 Å². The molecule has 0 radical (unpaired) electrons. The Morgan fingerprint density at radius 1 is 1.10 bits per heavy atom. The molecule has 1 aliphatic heterocycles. The Hall–Kier alpha value is -3.71. The number of nitrogens with one attached hydrogen (secondary N) is 2. The van der Waals surface area contributed by atoms with Crippen LogP contribution in [0.15, 0.2) is 59.2 Å². The Morgan fingerprint density at radius 2 is 1.97 bits per heavy atom. The number of furan rings is 1. The highest BCUT2D eigenvalue weighted by Crippen LogP contribution is 2.33. The zero-order valence-corrected chi connectivity index (χ0v) is 16.3. The average molecular weight is 399 g/mol. The lowest BCUT2D eigenvalue weighted by atomic mass is 10.1. The zero-order chi connectivity index (χ0) is 20.5. The van der Waals surface area contributed by atoms with E-state index in [1.807, 2.05) is 24.3 Å². The molecule has 4 aromatic rings. The van der Waals surface area contributed by atoms with Crippen molar-refractivity contribution in [1.82, 2.24) is 15.3 Å². The molecule has 1 aliphatic rings. The van der Waals surface area contributed by atoms with Crippen LogP contribution in [0.4, 0.5) is 5.82 Å². The van der Waals surface area contributed by atoms with Crippen LogP contribution >= 0.6 is 0 Å². The number of fused-ring (bicyclic) bond motifs is 2. The van der Waals surface area contributed by atoms with Gasteiger partial charge < -0.3 is 20.8 Å². The van der Waals surface area contributed by atoms with Crippen molar-refractivity contribution in [1.29, 1.82) is 0 Å². The summed E-state index contributed by atoms with van der Waals surface area (Å²) in [6, 6.07) is 15.6. The third-order valence-corrected chi connectivity index (χ3v) is 5.35. The molecule has 3 heterocycles. The zero-order valence-electron chi connectivity index (χ0n) is 16.3. The quantitative estimate of drug-likeness (QED) is 0.476. The highest BCUT2D eigenvalue weighted by atomic mass is 16.3. The van der Waals surface area contributed by atoms with E-state index in [2.05, 4.69) is 22.8 Å². The maximum Gasteiger partial charge on any atom is 0.249 e. The number of rotatable bonds is 5. The Morgan fingerprint density at radius 3 is 2.80 bits per heavy atom. The number of anilines is 1. The molecule has 0 bridgehead atoms. The second-order valence-electron chi connectivity index (χ2n) is 7.28. The number of hydrogen-bond acceptors (Lipinski definition) is 6. The molecule has 7 nitrogen and oxygen atoms in total. The number of carbonyl (C=O) groups is 1. The molecule has 30 heavy (non-hydrogen) atoms. The van der Waals surface area contributed by atoms with Crippen molar-refractivity contribution < 1.29 is 9.21 Å². The second-order valence-corrected chi connectivity index (χ2v) is 7.28. The predicted molar refractivity (Wildman–Crippen MR) is 115 cm³/mol. The van der Waals surface area contributed by atoms with E-state index in [1.54, 1.807) is 18.4 Å². The van der Waals surface area contributed by atoms with Crippen molar-refractivity contribution in [2.75, 3.05) is 11.9 Å². The average Bonchev–Trinajstić information content (AvgIpc) is 3.22. The normalized spacial score (nSPS) is 13.2. The van der Waals surface area contributed by atoms with E-state index in [-0.39, 0.29) is 0 Å². The summed E-state index contributed by atoms with van der Waals surface area (Å²) >= 11 is 0. The van der Waals surface area contributed by atoms with Gasteiger partial charge in [0, 0.05) is 42.4 Å². The van der Waals surface area contributed by atoms with Gasteiger partial charge in [-0.15, -0.1) is 0 Å². The minimum absolute atomic E-state index is 0.423. The largest absolute Gasteiger partial charge is 0.460 e. The fourth-order valence-electron chi connectivity index (χ4n) is 3.83. The minimum atomic E-state index is -0.490. The maximum absolute atomic E-state index is 11.8. The molecule has 0 spiro atoms. The van der Waals surface area contributed by atoms with Gasteiger partial charge in [0.25, 0.3) is 0 Å². The van der Waals surface area contributed by atoms with Gasteiger partial charge in [-0.25, -0.2) is 9.97 Å². The lowest BCUT2D eigenvalue weighted by Crippen LogP contribution is -2.26. The summed E-state index contributed by atoms with van der Waals surface area (Å²) in [6.07, 6.45) is 2.36. The molecule has 0 unspecified atom stereocenters. The van der Waals surface area contributed by atoms with E-state index in [0.29, 0.717) is 29.1 Å². The standard InChI is InChI=1S/C23H21N5O2/c24-21(29)16-8-4-7-15-18(16)13-30-20(15)23-27-19-9-10-25-12-17(19)22(28-23)26-11-14-5-2-1-3-6-14/h1-8,13,25H,9-12H2,(H2,24,29)(H,26,27,28). The van der Waals surface area contributed by atoms with Crippen molar-refractivity contribution in [3.05, 3.63) is 77.2 Å². The van der Waals surface area contributed by atoms with Crippen molar-refractivity contribution in [2.45, 2.75) is 19.5 Å². The van der Waals surface area contributed by atoms with Crippen molar-refractivity contribution in [3.63, 3.8) is 0 Å². The van der Waals surface area contributed by atoms with Gasteiger partial charge in [-0.1, -0.05) is 42.5 Å². The van der Waals surface area contributed by atoms with Crippen LogP contribution in [-0.4, -0.2) is 22.4 Å². The molecule has 0 aliphatic carbocycles. The van der Waals surface area contributed by atoms with Crippen LogP contribution < -0.4 is 16.4 Å². The summed E-state index contributed by atoms with van der Waals surface area (Å²) in [5, 5.41) is 8.29. The van der Waals surface area contributed by atoms with Gasteiger partial charge in [0.2, 0.25) is 5.91 Å². The molecule has 0 saturated carbocycles. The molecular formula is C23H21N5O2. The Labute approximate surface area is 173 Å². The number of nitrogens with two attached hydrogens (primary N) is 1. The summed E-state index contributed by atoms with van der Waals surface area (Å²) in [5.41, 5.74) is 9.19. The molecule has 1 amide bonds. The van der Waals surface area contributed by atoms with Crippen LogP contribution in [0.5, 0.6) is 0 Å². The maximum atomic E-state index is 11.8. The number of benzene rings is 2. The molecule has 150 valence electrons. The van der Waals surface area contributed by atoms with Crippen LogP contribution in [0.2, 0.25) is 0 Å². The lowest BCUT2D eigenvalue weighted by molar-refractivity contribution is 0.100. The third-order valence-electron chi connectivity index (χ3n) is 5.35. The Balaban J connectivity index is 1.58. The number of nitrogens with zero attached hydrogens (tertiary/aromatic N) is 2. The van der Waals surface area contributed by atoms with Crippen LogP contribution in [0, 0.1) is 0 Å². The molecule has 5 rings (SSSR count). The van der Waals surface area contributed by atoms with Crippen molar-refractivity contribution in [2.24, 2.45) is 5.73 Å². The molecule has 2 aromatic heterocycles. The molecular weight excluding hydrogens is 378 g/mol. The first-order valence-corrected chi connectivity index (χ1v) is 9.89. The van der Waals surface area contributed by atoms with E-state index in [4.69, 9.17) is 20.1 Å². The summed E-state index contributed by atoms with van der Waals surface area (Å²) < 4.78 is 5.82. The summed E-state index contributed by atoms with van der Waals surface area (Å²) in [5.74, 6) is 1.34. The van der Waals surface area contributed by atoms with Crippen molar-refractivity contribution >= 4 is 22.5 Å². The van der Waals surface area contributed by atoms with Gasteiger partial charge in [-0.3, -0.25) is 4.79 Å². The minimum Gasteiger partial charge on any atom is -0.460 e. The number of primary amides is 1. The number of hydrogen-bond donors (Lipinski definition) is 3. The van der Waals surface area contributed by atoms with Gasteiger partial charge >= 0.3 is 0 Å². The van der Waals surface area contributed by atoms with Gasteiger partial charge in [0.05, 0.1) is 11.3 Å². The van der Waals surface area contributed by atoms with Gasteiger partial charge in [0.15, 0.2) is 11.6 Å². The molecule has 2 aromatic carbocycles.